The molecule has 1 amide bonds. The number of hydrogen-bond acceptors (Lipinski definition) is 5. The van der Waals surface area contributed by atoms with E-state index in [0.29, 0.717) is 23.6 Å². The van der Waals surface area contributed by atoms with Gasteiger partial charge in [0.2, 0.25) is 11.7 Å². The van der Waals surface area contributed by atoms with Crippen molar-refractivity contribution in [1.82, 2.24) is 24.5 Å². The number of para-hydroxylation sites is 1. The Kier molecular flexibility index (Phi) is 6.60. The third kappa shape index (κ3) is 4.70. The zero-order chi connectivity index (χ0) is 22.7. The van der Waals surface area contributed by atoms with Gasteiger partial charge in [0, 0.05) is 25.3 Å². The summed E-state index contributed by atoms with van der Waals surface area (Å²) < 4.78 is 3.48. The van der Waals surface area contributed by atoms with Crippen LogP contribution in [0.3, 0.4) is 0 Å². The lowest BCUT2D eigenvalue weighted by Gasteiger charge is -2.12. The third-order valence-electron chi connectivity index (χ3n) is 5.20. The van der Waals surface area contributed by atoms with Gasteiger partial charge >= 0.3 is 0 Å². The van der Waals surface area contributed by atoms with E-state index in [1.54, 1.807) is 22.4 Å². The summed E-state index contributed by atoms with van der Waals surface area (Å²) in [7, 11) is 0. The van der Waals surface area contributed by atoms with Crippen molar-refractivity contribution >= 4 is 34.3 Å². The Labute approximate surface area is 190 Å². The topological polar surface area (TPSA) is 81.3 Å². The van der Waals surface area contributed by atoms with E-state index in [0.717, 1.165) is 16.4 Å². The average molecular weight is 450 g/mol. The van der Waals surface area contributed by atoms with Crippen LogP contribution in [0.2, 0.25) is 0 Å². The molecule has 0 aliphatic carbocycles. The summed E-state index contributed by atoms with van der Waals surface area (Å²) >= 11 is 1.58. The lowest BCUT2D eigenvalue weighted by Crippen LogP contribution is -2.30. The number of aromatic nitrogens is 4. The number of benzene rings is 2. The first-order valence-corrected chi connectivity index (χ1v) is 11.7. The van der Waals surface area contributed by atoms with Crippen LogP contribution < -0.4 is 10.9 Å². The molecule has 32 heavy (non-hydrogen) atoms. The molecule has 0 fully saturated rings. The maximum absolute atomic E-state index is 13.2. The minimum atomic E-state index is -0.160. The zero-order valence-corrected chi connectivity index (χ0v) is 19.4. The third-order valence-corrected chi connectivity index (χ3v) is 6.20. The number of carbonyl (C=O) groups excluding carboxylic acids is 1. The highest BCUT2D eigenvalue weighted by Gasteiger charge is 2.17. The van der Waals surface area contributed by atoms with Crippen LogP contribution in [0.25, 0.3) is 16.7 Å². The number of nitrogens with one attached hydrogen (secondary N) is 1. The predicted molar refractivity (Wildman–Crippen MR) is 128 cm³/mol. The average Bonchev–Trinajstić information content (AvgIpc) is 3.20. The molecular weight excluding hydrogens is 422 g/mol. The van der Waals surface area contributed by atoms with Crippen molar-refractivity contribution in [3.05, 3.63) is 70.0 Å². The normalized spacial score (nSPS) is 11.5. The molecule has 0 spiro atoms. The molecule has 0 aliphatic heterocycles. The van der Waals surface area contributed by atoms with Crippen molar-refractivity contribution in [2.24, 2.45) is 5.92 Å². The summed E-state index contributed by atoms with van der Waals surface area (Å²) in [6.07, 6.45) is 0.208. The molecule has 0 saturated heterocycles. The molecule has 0 atom stereocenters. The summed E-state index contributed by atoms with van der Waals surface area (Å²) in [4.78, 5) is 25.4. The van der Waals surface area contributed by atoms with Gasteiger partial charge in [-0.1, -0.05) is 67.6 Å². The van der Waals surface area contributed by atoms with Crippen LogP contribution in [-0.4, -0.2) is 31.6 Å². The number of rotatable bonds is 8. The Hall–Kier alpha value is -3.13. The zero-order valence-electron chi connectivity index (χ0n) is 18.5. The molecule has 2 aromatic heterocycles. The van der Waals surface area contributed by atoms with Gasteiger partial charge in [-0.15, -0.1) is 10.2 Å². The van der Waals surface area contributed by atoms with Crippen LogP contribution >= 0.6 is 11.8 Å². The van der Waals surface area contributed by atoms with Gasteiger partial charge in [0.15, 0.2) is 5.16 Å². The Balaban J connectivity index is 1.69. The fraction of sp³-hybridized carbons (Fsp3) is 0.333. The van der Waals surface area contributed by atoms with Gasteiger partial charge in [-0.25, -0.2) is 0 Å². The van der Waals surface area contributed by atoms with Crippen LogP contribution in [0.15, 0.2) is 58.5 Å². The van der Waals surface area contributed by atoms with E-state index in [2.05, 4.69) is 40.6 Å². The van der Waals surface area contributed by atoms with Gasteiger partial charge in [-0.3, -0.25) is 18.6 Å². The van der Waals surface area contributed by atoms with Crippen molar-refractivity contribution in [2.45, 2.75) is 44.6 Å². The molecule has 0 bridgehead atoms. The second-order valence-corrected chi connectivity index (χ2v) is 9.26. The summed E-state index contributed by atoms with van der Waals surface area (Å²) in [6.45, 7) is 7.03. The van der Waals surface area contributed by atoms with E-state index in [4.69, 9.17) is 0 Å². The summed E-state index contributed by atoms with van der Waals surface area (Å²) in [6, 6.07) is 15.8. The lowest BCUT2D eigenvalue weighted by molar-refractivity contribution is -0.121. The number of fused-ring (bicyclic) bond motifs is 3. The first-order chi connectivity index (χ1) is 15.4. The van der Waals surface area contributed by atoms with E-state index in [1.165, 1.54) is 11.1 Å². The minimum absolute atomic E-state index is 0.0783. The summed E-state index contributed by atoms with van der Waals surface area (Å²) in [5, 5.41) is 12.9. The van der Waals surface area contributed by atoms with Crippen LogP contribution in [0, 0.1) is 12.8 Å². The molecule has 4 aromatic rings. The SMILES string of the molecule is Cc1cccc(CSc2nnc3n(CCC(=O)NCC(C)C)c(=O)c4ccccc4n23)c1. The molecule has 8 heteroatoms. The maximum atomic E-state index is 13.2. The minimum Gasteiger partial charge on any atom is -0.356 e. The fourth-order valence-corrected chi connectivity index (χ4v) is 4.48. The number of nitrogens with zero attached hydrogens (tertiary/aromatic N) is 4. The van der Waals surface area contributed by atoms with Crippen molar-refractivity contribution in [3.8, 4) is 0 Å². The molecule has 7 nitrogen and oxygen atoms in total. The molecule has 4 rings (SSSR count). The number of hydrogen-bond donors (Lipinski definition) is 1. The Morgan fingerprint density at radius 2 is 1.94 bits per heavy atom. The monoisotopic (exact) mass is 449 g/mol. The molecular formula is C24H27N5O2S. The lowest BCUT2D eigenvalue weighted by atomic mass is 10.2. The van der Waals surface area contributed by atoms with E-state index in [-0.39, 0.29) is 24.4 Å². The Morgan fingerprint density at radius 1 is 1.12 bits per heavy atom. The van der Waals surface area contributed by atoms with Crippen molar-refractivity contribution in [3.63, 3.8) is 0 Å². The van der Waals surface area contributed by atoms with Crippen molar-refractivity contribution in [1.29, 1.82) is 0 Å². The van der Waals surface area contributed by atoms with E-state index < -0.39 is 0 Å². The first kappa shape index (κ1) is 22.1. The molecule has 2 aromatic carbocycles. The Bertz CT molecular complexity index is 1330. The molecule has 2 heterocycles. The highest BCUT2D eigenvalue weighted by atomic mass is 32.2. The number of thioether (sulfide) groups is 1. The quantitative estimate of drug-likeness (QED) is 0.414. The van der Waals surface area contributed by atoms with Gasteiger partial charge < -0.3 is 5.32 Å². The molecule has 0 unspecified atom stereocenters. The molecule has 0 saturated carbocycles. The van der Waals surface area contributed by atoms with Gasteiger partial charge in [0.1, 0.15) is 0 Å². The predicted octanol–water partition coefficient (Wildman–Crippen LogP) is 3.81. The molecule has 0 radical (unpaired) electrons. The summed E-state index contributed by atoms with van der Waals surface area (Å²) in [5.41, 5.74) is 3.02. The van der Waals surface area contributed by atoms with E-state index in [9.17, 15) is 9.59 Å². The fourth-order valence-electron chi connectivity index (χ4n) is 3.60. The molecule has 166 valence electrons. The van der Waals surface area contributed by atoms with Crippen molar-refractivity contribution < 1.29 is 4.79 Å². The highest BCUT2D eigenvalue weighted by molar-refractivity contribution is 7.98. The highest BCUT2D eigenvalue weighted by Crippen LogP contribution is 2.25. The second-order valence-electron chi connectivity index (χ2n) is 8.32. The van der Waals surface area contributed by atoms with E-state index >= 15 is 0 Å². The van der Waals surface area contributed by atoms with Crippen LogP contribution in [0.1, 0.15) is 31.4 Å². The first-order valence-electron chi connectivity index (χ1n) is 10.8. The molecule has 1 N–H and O–H groups in total. The second kappa shape index (κ2) is 9.56. The number of amides is 1. The van der Waals surface area contributed by atoms with Crippen LogP contribution in [0.5, 0.6) is 0 Å². The van der Waals surface area contributed by atoms with Gasteiger partial charge in [0.25, 0.3) is 5.56 Å². The van der Waals surface area contributed by atoms with Crippen molar-refractivity contribution in [2.75, 3.05) is 6.54 Å². The van der Waals surface area contributed by atoms with Crippen LogP contribution in [-0.2, 0) is 17.1 Å². The molecule has 0 aliphatic rings. The van der Waals surface area contributed by atoms with Gasteiger partial charge in [0.05, 0.1) is 10.9 Å². The van der Waals surface area contributed by atoms with Gasteiger partial charge in [-0.2, -0.15) is 0 Å². The number of aryl methyl sites for hydroxylation is 2. The standard InChI is InChI=1S/C24H27N5O2S/c1-16(2)14-25-21(30)11-12-28-22(31)19-9-4-5-10-20(19)29-23(28)26-27-24(29)32-15-18-8-6-7-17(3)13-18/h4-10,13,16H,11-12,14-15H2,1-3H3,(H,25,30). The van der Waals surface area contributed by atoms with E-state index in [1.807, 2.05) is 42.5 Å². The smallest absolute Gasteiger partial charge is 0.262 e. The Morgan fingerprint density at radius 3 is 2.72 bits per heavy atom. The summed E-state index contributed by atoms with van der Waals surface area (Å²) in [5.74, 6) is 1.49. The number of carbonyl (C=O) groups is 1. The maximum Gasteiger partial charge on any atom is 0.262 e. The van der Waals surface area contributed by atoms with Crippen LogP contribution in [0.4, 0.5) is 0 Å². The largest absolute Gasteiger partial charge is 0.356 e. The van der Waals surface area contributed by atoms with Gasteiger partial charge in [-0.05, 0) is 30.5 Å².